The summed E-state index contributed by atoms with van der Waals surface area (Å²) in [6.07, 6.45) is 0.631. The minimum Gasteiger partial charge on any atom is -0.453 e. The zero-order valence-corrected chi connectivity index (χ0v) is 9.32. The lowest BCUT2D eigenvalue weighted by atomic mass is 9.94. The van der Waals surface area contributed by atoms with E-state index in [9.17, 15) is 4.79 Å². The first-order chi connectivity index (χ1) is 7.79. The number of fused-ring (bicyclic) bond motifs is 1. The van der Waals surface area contributed by atoms with E-state index in [-0.39, 0.29) is 6.09 Å². The maximum absolute atomic E-state index is 10.9. The lowest BCUT2D eigenvalue weighted by Gasteiger charge is -2.26. The maximum Gasteiger partial charge on any atom is 0.406 e. The number of hydrogen-bond acceptors (Lipinski definition) is 3. The number of methoxy groups -OCH3 is 1. The molecular formula is C12H16N2O2. The van der Waals surface area contributed by atoms with Crippen molar-refractivity contribution in [3.63, 3.8) is 0 Å². The van der Waals surface area contributed by atoms with Crippen LogP contribution in [0, 0.1) is 5.92 Å². The van der Waals surface area contributed by atoms with Gasteiger partial charge in [0, 0.05) is 18.8 Å². The van der Waals surface area contributed by atoms with Crippen LogP contribution in [-0.2, 0) is 11.2 Å². The highest BCUT2D eigenvalue weighted by atomic mass is 16.5. The minimum atomic E-state index is -0.362. The Bertz CT molecular complexity index is 379. The third-order valence-electron chi connectivity index (χ3n) is 2.83. The van der Waals surface area contributed by atoms with Crippen LogP contribution in [0.25, 0.3) is 0 Å². The monoisotopic (exact) mass is 220 g/mol. The lowest BCUT2D eigenvalue weighted by Crippen LogP contribution is -2.35. The topological polar surface area (TPSA) is 50.4 Å². The first-order valence-corrected chi connectivity index (χ1v) is 5.43. The van der Waals surface area contributed by atoms with Gasteiger partial charge in [-0.2, -0.15) is 0 Å². The molecule has 1 aromatic carbocycles. The number of amides is 1. The van der Waals surface area contributed by atoms with Crippen molar-refractivity contribution in [2.24, 2.45) is 5.92 Å². The third kappa shape index (κ3) is 2.45. The summed E-state index contributed by atoms with van der Waals surface area (Å²) >= 11 is 0. The van der Waals surface area contributed by atoms with E-state index in [1.165, 1.54) is 18.4 Å². The molecule has 0 saturated carbocycles. The molecule has 0 fully saturated rings. The molecule has 1 atom stereocenters. The third-order valence-corrected chi connectivity index (χ3v) is 2.83. The molecule has 1 aliphatic rings. The van der Waals surface area contributed by atoms with Crippen molar-refractivity contribution in [2.45, 2.75) is 6.42 Å². The van der Waals surface area contributed by atoms with Crippen LogP contribution >= 0.6 is 0 Å². The standard InChI is InChI=1S/C12H16N2O2/c1-16-12(15)14-8-9-6-10-4-2-3-5-11(10)13-7-9/h2-5,9,13H,6-8H2,1H3,(H,14,15)/t9-/m0/s1. The Balaban J connectivity index is 1.90. The number of carbonyl (C=O) groups excluding carboxylic acids is 1. The van der Waals surface area contributed by atoms with E-state index >= 15 is 0 Å². The Morgan fingerprint density at radius 2 is 2.38 bits per heavy atom. The number of nitrogens with one attached hydrogen (secondary N) is 2. The molecular weight excluding hydrogens is 204 g/mol. The Hall–Kier alpha value is -1.71. The van der Waals surface area contributed by atoms with Crippen molar-refractivity contribution in [3.05, 3.63) is 29.8 Å². The van der Waals surface area contributed by atoms with Crippen LogP contribution in [0.5, 0.6) is 0 Å². The molecule has 1 heterocycles. The molecule has 86 valence electrons. The van der Waals surface area contributed by atoms with Gasteiger partial charge in [0.25, 0.3) is 0 Å². The second kappa shape index (κ2) is 4.88. The van der Waals surface area contributed by atoms with E-state index in [0.717, 1.165) is 13.0 Å². The molecule has 0 bridgehead atoms. The van der Waals surface area contributed by atoms with Gasteiger partial charge in [-0.1, -0.05) is 18.2 Å². The van der Waals surface area contributed by atoms with Gasteiger partial charge in [-0.15, -0.1) is 0 Å². The SMILES string of the molecule is COC(=O)NC[C@@H]1CNc2ccccc2C1. The van der Waals surface area contributed by atoms with Crippen LogP contribution < -0.4 is 10.6 Å². The summed E-state index contributed by atoms with van der Waals surface area (Å²) in [6, 6.07) is 8.27. The molecule has 2 rings (SSSR count). The average Bonchev–Trinajstić information content (AvgIpc) is 2.35. The Kier molecular flexibility index (Phi) is 3.29. The minimum absolute atomic E-state index is 0.362. The van der Waals surface area contributed by atoms with Gasteiger partial charge >= 0.3 is 6.09 Å². The molecule has 16 heavy (non-hydrogen) atoms. The van der Waals surface area contributed by atoms with Crippen LogP contribution in [0.15, 0.2) is 24.3 Å². The Labute approximate surface area is 95.0 Å². The second-order valence-corrected chi connectivity index (χ2v) is 3.98. The normalized spacial score (nSPS) is 18.2. The van der Waals surface area contributed by atoms with E-state index in [1.807, 2.05) is 12.1 Å². The van der Waals surface area contributed by atoms with E-state index in [0.29, 0.717) is 12.5 Å². The highest BCUT2D eigenvalue weighted by Gasteiger charge is 2.18. The van der Waals surface area contributed by atoms with Gasteiger partial charge in [0.05, 0.1) is 7.11 Å². The zero-order valence-electron chi connectivity index (χ0n) is 9.32. The molecule has 0 saturated heterocycles. The summed E-state index contributed by atoms with van der Waals surface area (Å²) in [5, 5.41) is 6.09. The van der Waals surface area contributed by atoms with E-state index < -0.39 is 0 Å². The highest BCUT2D eigenvalue weighted by molar-refractivity contribution is 5.66. The van der Waals surface area contributed by atoms with E-state index in [2.05, 4.69) is 27.5 Å². The summed E-state index contributed by atoms with van der Waals surface area (Å²) in [7, 11) is 1.38. The number of rotatable bonds is 2. The molecule has 0 spiro atoms. The fourth-order valence-corrected chi connectivity index (χ4v) is 1.95. The van der Waals surface area contributed by atoms with Gasteiger partial charge in [-0.05, 0) is 24.0 Å². The molecule has 1 aromatic rings. The Morgan fingerprint density at radius 1 is 1.56 bits per heavy atom. The predicted octanol–water partition coefficient (Wildman–Crippen LogP) is 1.63. The largest absolute Gasteiger partial charge is 0.453 e. The van der Waals surface area contributed by atoms with Gasteiger partial charge < -0.3 is 15.4 Å². The number of alkyl carbamates (subject to hydrolysis) is 1. The van der Waals surface area contributed by atoms with E-state index in [1.54, 1.807) is 0 Å². The smallest absolute Gasteiger partial charge is 0.406 e. The van der Waals surface area contributed by atoms with Crippen molar-refractivity contribution in [2.75, 3.05) is 25.5 Å². The first kappa shape index (κ1) is 10.8. The van der Waals surface area contributed by atoms with Crippen LogP contribution in [0.2, 0.25) is 0 Å². The number of benzene rings is 1. The molecule has 2 N–H and O–H groups in total. The predicted molar refractivity (Wildman–Crippen MR) is 62.5 cm³/mol. The van der Waals surface area contributed by atoms with Crippen molar-refractivity contribution >= 4 is 11.8 Å². The summed E-state index contributed by atoms with van der Waals surface area (Å²) in [4.78, 5) is 10.9. The summed E-state index contributed by atoms with van der Waals surface area (Å²) in [5.41, 5.74) is 2.52. The lowest BCUT2D eigenvalue weighted by molar-refractivity contribution is 0.169. The molecule has 0 aliphatic carbocycles. The molecule has 0 aromatic heterocycles. The van der Waals surface area contributed by atoms with Crippen molar-refractivity contribution < 1.29 is 9.53 Å². The van der Waals surface area contributed by atoms with Gasteiger partial charge in [-0.25, -0.2) is 4.79 Å². The van der Waals surface area contributed by atoms with Crippen LogP contribution in [0.3, 0.4) is 0 Å². The van der Waals surface area contributed by atoms with Crippen molar-refractivity contribution in [1.29, 1.82) is 0 Å². The van der Waals surface area contributed by atoms with Gasteiger partial charge in [-0.3, -0.25) is 0 Å². The maximum atomic E-state index is 10.9. The molecule has 1 amide bonds. The molecule has 4 heteroatoms. The van der Waals surface area contributed by atoms with Crippen LogP contribution in [0.1, 0.15) is 5.56 Å². The van der Waals surface area contributed by atoms with Gasteiger partial charge in [0.2, 0.25) is 0 Å². The quantitative estimate of drug-likeness (QED) is 0.796. The molecule has 0 radical (unpaired) electrons. The number of para-hydroxylation sites is 1. The molecule has 1 aliphatic heterocycles. The first-order valence-electron chi connectivity index (χ1n) is 5.43. The number of anilines is 1. The van der Waals surface area contributed by atoms with Crippen LogP contribution in [-0.4, -0.2) is 26.3 Å². The van der Waals surface area contributed by atoms with E-state index in [4.69, 9.17) is 0 Å². The molecule has 0 unspecified atom stereocenters. The summed E-state index contributed by atoms with van der Waals surface area (Å²) < 4.78 is 4.54. The summed E-state index contributed by atoms with van der Waals surface area (Å²) in [5.74, 6) is 0.425. The van der Waals surface area contributed by atoms with Crippen molar-refractivity contribution in [3.8, 4) is 0 Å². The van der Waals surface area contributed by atoms with Crippen LogP contribution in [0.4, 0.5) is 10.5 Å². The number of carbonyl (C=O) groups is 1. The summed E-state index contributed by atoms with van der Waals surface area (Å²) in [6.45, 7) is 1.54. The van der Waals surface area contributed by atoms with Crippen molar-refractivity contribution in [1.82, 2.24) is 5.32 Å². The fraction of sp³-hybridized carbons (Fsp3) is 0.417. The molecule has 4 nitrogen and oxygen atoms in total. The Morgan fingerprint density at radius 3 is 3.19 bits per heavy atom. The number of ether oxygens (including phenoxy) is 1. The van der Waals surface area contributed by atoms with Gasteiger partial charge in [0.15, 0.2) is 0 Å². The fourth-order valence-electron chi connectivity index (χ4n) is 1.95. The van der Waals surface area contributed by atoms with Gasteiger partial charge in [0.1, 0.15) is 0 Å². The number of hydrogen-bond donors (Lipinski definition) is 2. The second-order valence-electron chi connectivity index (χ2n) is 3.98. The highest BCUT2D eigenvalue weighted by Crippen LogP contribution is 2.23. The zero-order chi connectivity index (χ0) is 11.4. The average molecular weight is 220 g/mol.